The Bertz CT molecular complexity index is 481. The van der Waals surface area contributed by atoms with Crippen LogP contribution in [-0.4, -0.2) is 12.6 Å². The molecule has 1 aromatic carbocycles. The molecule has 0 radical (unpaired) electrons. The van der Waals surface area contributed by atoms with Gasteiger partial charge in [-0.25, -0.2) is 0 Å². The van der Waals surface area contributed by atoms with E-state index >= 15 is 0 Å². The first-order chi connectivity index (χ1) is 9.28. The second kappa shape index (κ2) is 7.31. The average Bonchev–Trinajstić information content (AvgIpc) is 2.92. The van der Waals surface area contributed by atoms with Gasteiger partial charge < -0.3 is 10.5 Å². The first-order valence-electron chi connectivity index (χ1n) is 6.77. The Morgan fingerprint density at radius 1 is 1.26 bits per heavy atom. The van der Waals surface area contributed by atoms with E-state index in [0.29, 0.717) is 0 Å². The maximum Gasteiger partial charge on any atom is 0.119 e. The van der Waals surface area contributed by atoms with Crippen molar-refractivity contribution < 1.29 is 4.74 Å². The Morgan fingerprint density at radius 3 is 2.89 bits per heavy atom. The van der Waals surface area contributed by atoms with Crippen LogP contribution in [0.2, 0.25) is 0 Å². The molecule has 1 unspecified atom stereocenters. The van der Waals surface area contributed by atoms with Gasteiger partial charge in [0, 0.05) is 17.3 Å². The smallest absolute Gasteiger partial charge is 0.119 e. The molecule has 0 aliphatic carbocycles. The second-order valence-corrected chi connectivity index (χ2v) is 5.73. The van der Waals surface area contributed by atoms with Crippen LogP contribution in [0.15, 0.2) is 41.8 Å². The maximum atomic E-state index is 5.98. The van der Waals surface area contributed by atoms with E-state index in [1.165, 1.54) is 10.4 Å². The lowest BCUT2D eigenvalue weighted by Gasteiger charge is -2.10. The second-order valence-electron chi connectivity index (χ2n) is 4.70. The van der Waals surface area contributed by atoms with Gasteiger partial charge in [-0.05, 0) is 42.0 Å². The van der Waals surface area contributed by atoms with Crippen molar-refractivity contribution in [3.05, 3.63) is 52.2 Å². The molecule has 1 aromatic heterocycles. The zero-order valence-corrected chi connectivity index (χ0v) is 12.2. The van der Waals surface area contributed by atoms with Crippen LogP contribution in [-0.2, 0) is 12.8 Å². The van der Waals surface area contributed by atoms with Crippen molar-refractivity contribution in [2.24, 2.45) is 5.73 Å². The predicted octanol–water partition coefficient (Wildman–Crippen LogP) is 3.65. The molecule has 0 aliphatic heterocycles. The molecule has 2 aromatic rings. The summed E-state index contributed by atoms with van der Waals surface area (Å²) in [5.74, 6) is 0.942. The average molecular weight is 275 g/mol. The fourth-order valence-corrected chi connectivity index (χ4v) is 2.62. The van der Waals surface area contributed by atoms with E-state index in [4.69, 9.17) is 10.5 Å². The summed E-state index contributed by atoms with van der Waals surface area (Å²) in [6, 6.07) is 12.7. The molecule has 2 rings (SSSR count). The third kappa shape index (κ3) is 4.69. The van der Waals surface area contributed by atoms with Gasteiger partial charge >= 0.3 is 0 Å². The Morgan fingerprint density at radius 2 is 2.16 bits per heavy atom. The van der Waals surface area contributed by atoms with E-state index in [9.17, 15) is 0 Å². The normalized spacial score (nSPS) is 12.3. The molecular weight excluding hydrogens is 254 g/mol. The monoisotopic (exact) mass is 275 g/mol. The molecule has 0 bridgehead atoms. The lowest BCUT2D eigenvalue weighted by atomic mass is 10.0. The van der Waals surface area contributed by atoms with E-state index in [0.717, 1.165) is 31.6 Å². The summed E-state index contributed by atoms with van der Waals surface area (Å²) in [5, 5.41) is 2.10. The topological polar surface area (TPSA) is 35.2 Å². The largest absolute Gasteiger partial charge is 0.493 e. The quantitative estimate of drug-likeness (QED) is 0.837. The molecule has 102 valence electrons. The van der Waals surface area contributed by atoms with Gasteiger partial charge in [-0.3, -0.25) is 0 Å². The van der Waals surface area contributed by atoms with Gasteiger partial charge in [0.25, 0.3) is 0 Å². The molecule has 2 N–H and O–H groups in total. The van der Waals surface area contributed by atoms with Crippen LogP contribution in [0, 0.1) is 0 Å². The number of nitrogens with two attached hydrogens (primary N) is 1. The van der Waals surface area contributed by atoms with E-state index in [1.807, 2.05) is 12.1 Å². The molecule has 3 heteroatoms. The van der Waals surface area contributed by atoms with Crippen molar-refractivity contribution in [1.82, 2.24) is 0 Å². The van der Waals surface area contributed by atoms with Crippen LogP contribution in [0.5, 0.6) is 5.75 Å². The summed E-state index contributed by atoms with van der Waals surface area (Å²) >= 11 is 1.78. The van der Waals surface area contributed by atoms with Crippen LogP contribution in [0.3, 0.4) is 0 Å². The fraction of sp³-hybridized carbons (Fsp3) is 0.375. The minimum absolute atomic E-state index is 0.237. The first kappa shape index (κ1) is 14.1. The van der Waals surface area contributed by atoms with Gasteiger partial charge in [0.15, 0.2) is 0 Å². The van der Waals surface area contributed by atoms with Gasteiger partial charge in [0.2, 0.25) is 0 Å². The Kier molecular flexibility index (Phi) is 5.43. The molecule has 0 saturated carbocycles. The van der Waals surface area contributed by atoms with Crippen molar-refractivity contribution in [1.29, 1.82) is 0 Å². The van der Waals surface area contributed by atoms with Crippen molar-refractivity contribution >= 4 is 11.3 Å². The molecular formula is C16H21NOS. The molecule has 19 heavy (non-hydrogen) atoms. The Balaban J connectivity index is 1.84. The number of hydrogen-bond donors (Lipinski definition) is 1. The lowest BCUT2D eigenvalue weighted by molar-refractivity contribution is 0.322. The number of rotatable bonds is 7. The molecule has 0 saturated heterocycles. The third-order valence-corrected chi connectivity index (χ3v) is 4.05. The third-order valence-electron chi connectivity index (χ3n) is 3.12. The first-order valence-corrected chi connectivity index (χ1v) is 7.65. The summed E-state index contributed by atoms with van der Waals surface area (Å²) in [5.41, 5.74) is 7.23. The number of hydrogen-bond acceptors (Lipinski definition) is 3. The Labute approximate surface area is 119 Å². The highest BCUT2D eigenvalue weighted by Crippen LogP contribution is 2.16. The zero-order chi connectivity index (χ0) is 13.5. The van der Waals surface area contributed by atoms with Crippen LogP contribution < -0.4 is 10.5 Å². The van der Waals surface area contributed by atoms with Crippen LogP contribution in [0.25, 0.3) is 0 Å². The van der Waals surface area contributed by atoms with Crippen molar-refractivity contribution in [2.75, 3.05) is 6.61 Å². The predicted molar refractivity (Wildman–Crippen MR) is 81.9 cm³/mol. The lowest BCUT2D eigenvalue weighted by Crippen LogP contribution is -2.21. The van der Waals surface area contributed by atoms with Crippen LogP contribution in [0.1, 0.15) is 23.8 Å². The van der Waals surface area contributed by atoms with Crippen molar-refractivity contribution in [2.45, 2.75) is 32.2 Å². The summed E-state index contributed by atoms with van der Waals surface area (Å²) in [4.78, 5) is 1.36. The SMILES string of the molecule is CCC(N)Cc1cccc(OCCc2cccs2)c1. The van der Waals surface area contributed by atoms with Gasteiger partial charge in [0.05, 0.1) is 6.61 Å². The molecule has 0 fully saturated rings. The van der Waals surface area contributed by atoms with E-state index in [-0.39, 0.29) is 6.04 Å². The molecule has 1 atom stereocenters. The summed E-state index contributed by atoms with van der Waals surface area (Å²) in [6.45, 7) is 2.84. The Hall–Kier alpha value is -1.32. The maximum absolute atomic E-state index is 5.98. The minimum Gasteiger partial charge on any atom is -0.493 e. The summed E-state index contributed by atoms with van der Waals surface area (Å²) in [7, 11) is 0. The van der Waals surface area contributed by atoms with E-state index < -0.39 is 0 Å². The van der Waals surface area contributed by atoms with E-state index in [1.54, 1.807) is 11.3 Å². The van der Waals surface area contributed by atoms with Crippen LogP contribution >= 0.6 is 11.3 Å². The van der Waals surface area contributed by atoms with Crippen molar-refractivity contribution in [3.8, 4) is 5.75 Å². The number of thiophene rings is 1. The van der Waals surface area contributed by atoms with Crippen molar-refractivity contribution in [3.63, 3.8) is 0 Å². The van der Waals surface area contributed by atoms with Gasteiger partial charge in [-0.15, -0.1) is 11.3 Å². The highest BCUT2D eigenvalue weighted by atomic mass is 32.1. The summed E-state index contributed by atoms with van der Waals surface area (Å²) in [6.07, 6.45) is 2.89. The minimum atomic E-state index is 0.237. The molecule has 0 amide bonds. The van der Waals surface area contributed by atoms with Crippen LogP contribution in [0.4, 0.5) is 0 Å². The number of ether oxygens (including phenoxy) is 1. The number of benzene rings is 1. The summed E-state index contributed by atoms with van der Waals surface area (Å²) < 4.78 is 5.80. The van der Waals surface area contributed by atoms with Gasteiger partial charge in [0.1, 0.15) is 5.75 Å². The van der Waals surface area contributed by atoms with Gasteiger partial charge in [-0.1, -0.05) is 25.1 Å². The zero-order valence-electron chi connectivity index (χ0n) is 11.3. The highest BCUT2D eigenvalue weighted by molar-refractivity contribution is 7.09. The highest BCUT2D eigenvalue weighted by Gasteiger charge is 2.03. The standard InChI is InChI=1S/C16H21NOS/c1-2-14(17)11-13-5-3-6-15(12-13)18-9-8-16-7-4-10-19-16/h3-7,10,12,14H,2,8-9,11,17H2,1H3. The molecule has 0 spiro atoms. The fourth-order valence-electron chi connectivity index (χ4n) is 1.93. The molecule has 2 nitrogen and oxygen atoms in total. The van der Waals surface area contributed by atoms with Gasteiger partial charge in [-0.2, -0.15) is 0 Å². The molecule has 1 heterocycles. The molecule has 0 aliphatic rings. The van der Waals surface area contributed by atoms with E-state index in [2.05, 4.69) is 36.6 Å².